The third-order valence-corrected chi connectivity index (χ3v) is 2.79. The van der Waals surface area contributed by atoms with Crippen LogP contribution >= 0.6 is 11.6 Å². The van der Waals surface area contributed by atoms with Gasteiger partial charge in [0.15, 0.2) is 0 Å². The molecule has 0 atom stereocenters. The maximum Gasteiger partial charge on any atom is 0.131 e. The SMILES string of the molecule is CC(C)Nc1cc(Cl)ncc1-c1cnn(CCO)c1. The van der Waals surface area contributed by atoms with Gasteiger partial charge in [-0.3, -0.25) is 4.68 Å². The van der Waals surface area contributed by atoms with Crippen molar-refractivity contribution >= 4 is 17.3 Å². The summed E-state index contributed by atoms with van der Waals surface area (Å²) in [6, 6.07) is 2.10. The first-order chi connectivity index (χ1) is 9.10. The lowest BCUT2D eigenvalue weighted by atomic mass is 10.1. The number of hydrogen-bond donors (Lipinski definition) is 2. The molecule has 0 aliphatic carbocycles. The average Bonchev–Trinajstić information content (AvgIpc) is 2.77. The summed E-state index contributed by atoms with van der Waals surface area (Å²) in [5.74, 6) is 0. The first-order valence-electron chi connectivity index (χ1n) is 6.16. The molecule has 0 aromatic carbocycles. The van der Waals surface area contributed by atoms with Gasteiger partial charge in [0.25, 0.3) is 0 Å². The van der Waals surface area contributed by atoms with Crippen LogP contribution in [0.5, 0.6) is 0 Å². The molecule has 19 heavy (non-hydrogen) atoms. The second kappa shape index (κ2) is 6.04. The molecule has 6 heteroatoms. The molecule has 0 fully saturated rings. The van der Waals surface area contributed by atoms with Crippen LogP contribution in [-0.2, 0) is 6.54 Å². The van der Waals surface area contributed by atoms with Crippen molar-refractivity contribution in [3.63, 3.8) is 0 Å². The predicted molar refractivity (Wildman–Crippen MR) is 76.3 cm³/mol. The van der Waals surface area contributed by atoms with E-state index in [2.05, 4.69) is 29.2 Å². The third kappa shape index (κ3) is 3.45. The minimum absolute atomic E-state index is 0.0666. The van der Waals surface area contributed by atoms with Gasteiger partial charge in [0.2, 0.25) is 0 Å². The van der Waals surface area contributed by atoms with Crippen LogP contribution in [-0.4, -0.2) is 32.5 Å². The molecule has 2 rings (SSSR count). The Balaban J connectivity index is 2.36. The van der Waals surface area contributed by atoms with Crippen LogP contribution in [0.2, 0.25) is 5.15 Å². The number of halogens is 1. The third-order valence-electron chi connectivity index (χ3n) is 2.59. The molecule has 2 heterocycles. The summed E-state index contributed by atoms with van der Waals surface area (Å²) in [4.78, 5) is 4.12. The minimum Gasteiger partial charge on any atom is -0.394 e. The van der Waals surface area contributed by atoms with Crippen LogP contribution in [0.15, 0.2) is 24.7 Å². The van der Waals surface area contributed by atoms with E-state index in [1.54, 1.807) is 23.1 Å². The largest absolute Gasteiger partial charge is 0.394 e. The molecule has 0 aliphatic heterocycles. The van der Waals surface area contributed by atoms with Gasteiger partial charge in [-0.1, -0.05) is 11.6 Å². The summed E-state index contributed by atoms with van der Waals surface area (Å²) in [7, 11) is 0. The van der Waals surface area contributed by atoms with E-state index in [1.807, 2.05) is 6.20 Å². The summed E-state index contributed by atoms with van der Waals surface area (Å²) >= 11 is 5.94. The second-order valence-electron chi connectivity index (χ2n) is 4.57. The molecule has 0 bridgehead atoms. The zero-order valence-electron chi connectivity index (χ0n) is 11.0. The normalized spacial score (nSPS) is 11.0. The quantitative estimate of drug-likeness (QED) is 0.826. The van der Waals surface area contributed by atoms with E-state index >= 15 is 0 Å². The number of aliphatic hydroxyl groups is 1. The molecular weight excluding hydrogens is 264 g/mol. The molecule has 102 valence electrons. The van der Waals surface area contributed by atoms with E-state index in [0.717, 1.165) is 16.8 Å². The van der Waals surface area contributed by atoms with E-state index < -0.39 is 0 Å². The lowest BCUT2D eigenvalue weighted by Crippen LogP contribution is -2.10. The number of hydrogen-bond acceptors (Lipinski definition) is 4. The molecule has 5 nitrogen and oxygen atoms in total. The molecule has 0 saturated carbocycles. The second-order valence-corrected chi connectivity index (χ2v) is 4.95. The first kappa shape index (κ1) is 13.8. The monoisotopic (exact) mass is 280 g/mol. The molecule has 2 N–H and O–H groups in total. The molecule has 0 amide bonds. The van der Waals surface area contributed by atoms with Gasteiger partial charge in [0.1, 0.15) is 5.15 Å². The van der Waals surface area contributed by atoms with Gasteiger partial charge in [-0.15, -0.1) is 0 Å². The van der Waals surface area contributed by atoms with Crippen LogP contribution in [0.1, 0.15) is 13.8 Å². The summed E-state index contributed by atoms with van der Waals surface area (Å²) in [6.45, 7) is 4.67. The molecular formula is C13H17ClN4O. The molecule has 0 saturated heterocycles. The van der Waals surface area contributed by atoms with Crippen LogP contribution in [0.4, 0.5) is 5.69 Å². The van der Waals surface area contributed by atoms with Crippen molar-refractivity contribution in [3.8, 4) is 11.1 Å². The topological polar surface area (TPSA) is 63.0 Å². The van der Waals surface area contributed by atoms with E-state index in [1.165, 1.54) is 0 Å². The predicted octanol–water partition coefficient (Wildman–Crippen LogP) is 2.41. The maximum atomic E-state index is 8.91. The Morgan fingerprint density at radius 2 is 2.21 bits per heavy atom. The van der Waals surface area contributed by atoms with Gasteiger partial charge in [-0.2, -0.15) is 5.10 Å². The molecule has 2 aromatic rings. The smallest absolute Gasteiger partial charge is 0.131 e. The zero-order chi connectivity index (χ0) is 13.8. The van der Waals surface area contributed by atoms with E-state index in [4.69, 9.17) is 16.7 Å². The van der Waals surface area contributed by atoms with Crippen molar-refractivity contribution in [1.82, 2.24) is 14.8 Å². The number of anilines is 1. The number of pyridine rings is 1. The fourth-order valence-corrected chi connectivity index (χ4v) is 1.98. The van der Waals surface area contributed by atoms with Gasteiger partial charge in [0.05, 0.1) is 19.3 Å². The van der Waals surface area contributed by atoms with Gasteiger partial charge in [0, 0.05) is 35.2 Å². The van der Waals surface area contributed by atoms with Crippen LogP contribution in [0.3, 0.4) is 0 Å². The number of nitrogens with one attached hydrogen (secondary N) is 1. The average molecular weight is 281 g/mol. The Bertz CT molecular complexity index is 553. The van der Waals surface area contributed by atoms with Gasteiger partial charge < -0.3 is 10.4 Å². The Morgan fingerprint density at radius 1 is 1.42 bits per heavy atom. The zero-order valence-corrected chi connectivity index (χ0v) is 11.7. The lowest BCUT2D eigenvalue weighted by molar-refractivity contribution is 0.269. The van der Waals surface area contributed by atoms with E-state index in [9.17, 15) is 0 Å². The Kier molecular flexibility index (Phi) is 4.39. The number of rotatable bonds is 5. The standard InChI is InChI=1S/C13H17ClN4O/c1-9(2)17-12-5-13(14)15-7-11(12)10-6-16-18(8-10)3-4-19/h5-9,19H,3-4H2,1-2H3,(H,15,17). The first-order valence-corrected chi connectivity index (χ1v) is 6.53. The summed E-state index contributed by atoms with van der Waals surface area (Å²) in [5.41, 5.74) is 2.82. The molecule has 0 unspecified atom stereocenters. The fraction of sp³-hybridized carbons (Fsp3) is 0.385. The van der Waals surface area contributed by atoms with Crippen molar-refractivity contribution in [1.29, 1.82) is 0 Å². The number of aliphatic hydroxyl groups excluding tert-OH is 1. The van der Waals surface area contributed by atoms with Crippen molar-refractivity contribution < 1.29 is 5.11 Å². The highest BCUT2D eigenvalue weighted by Crippen LogP contribution is 2.29. The highest BCUT2D eigenvalue weighted by Gasteiger charge is 2.10. The van der Waals surface area contributed by atoms with Crippen molar-refractivity contribution in [3.05, 3.63) is 29.8 Å². The summed E-state index contributed by atoms with van der Waals surface area (Å²) < 4.78 is 1.70. The van der Waals surface area contributed by atoms with Crippen molar-refractivity contribution in [2.75, 3.05) is 11.9 Å². The van der Waals surface area contributed by atoms with Crippen molar-refractivity contribution in [2.24, 2.45) is 0 Å². The molecule has 0 aliphatic rings. The van der Waals surface area contributed by atoms with Gasteiger partial charge >= 0.3 is 0 Å². The summed E-state index contributed by atoms with van der Waals surface area (Å²) in [5, 5.41) is 16.9. The van der Waals surface area contributed by atoms with Crippen LogP contribution in [0.25, 0.3) is 11.1 Å². The number of aromatic nitrogens is 3. The van der Waals surface area contributed by atoms with E-state index in [-0.39, 0.29) is 6.61 Å². The molecule has 0 radical (unpaired) electrons. The minimum atomic E-state index is 0.0666. The Hall–Kier alpha value is -1.59. The summed E-state index contributed by atoms with van der Waals surface area (Å²) in [6.07, 6.45) is 5.37. The number of nitrogens with zero attached hydrogens (tertiary/aromatic N) is 3. The van der Waals surface area contributed by atoms with Crippen LogP contribution in [0, 0.1) is 0 Å². The van der Waals surface area contributed by atoms with Gasteiger partial charge in [-0.05, 0) is 19.9 Å². The molecule has 2 aromatic heterocycles. The Labute approximate surface area is 117 Å². The fourth-order valence-electron chi connectivity index (χ4n) is 1.82. The Morgan fingerprint density at radius 3 is 2.89 bits per heavy atom. The van der Waals surface area contributed by atoms with E-state index in [0.29, 0.717) is 17.7 Å². The maximum absolute atomic E-state index is 8.91. The highest BCUT2D eigenvalue weighted by molar-refractivity contribution is 6.29. The molecule has 0 spiro atoms. The van der Waals surface area contributed by atoms with Crippen molar-refractivity contribution in [2.45, 2.75) is 26.4 Å². The van der Waals surface area contributed by atoms with Crippen LogP contribution < -0.4 is 5.32 Å². The highest BCUT2D eigenvalue weighted by atomic mass is 35.5. The van der Waals surface area contributed by atoms with Gasteiger partial charge in [-0.25, -0.2) is 4.98 Å². The lowest BCUT2D eigenvalue weighted by Gasteiger charge is -2.13.